The van der Waals surface area contributed by atoms with Crippen molar-refractivity contribution in [3.05, 3.63) is 40.2 Å². The predicted octanol–water partition coefficient (Wildman–Crippen LogP) is 2.91. The third-order valence-electron chi connectivity index (χ3n) is 3.87. The molecule has 0 spiro atoms. The van der Waals surface area contributed by atoms with Gasteiger partial charge in [-0.15, -0.1) is 16.4 Å². The lowest BCUT2D eigenvalue weighted by atomic mass is 10.1. The van der Waals surface area contributed by atoms with Crippen molar-refractivity contribution in [1.82, 2.24) is 20.5 Å². The zero-order chi connectivity index (χ0) is 18.8. The smallest absolute Gasteiger partial charge is 0.263 e. The van der Waals surface area contributed by atoms with E-state index < -0.39 is 6.36 Å². The van der Waals surface area contributed by atoms with Gasteiger partial charge in [0, 0.05) is 12.3 Å². The highest BCUT2D eigenvalue weighted by Gasteiger charge is 2.19. The van der Waals surface area contributed by atoms with Crippen molar-refractivity contribution in [3.8, 4) is 5.75 Å². The van der Waals surface area contributed by atoms with E-state index in [0.717, 1.165) is 16.6 Å². The van der Waals surface area contributed by atoms with E-state index in [4.69, 9.17) is 10.5 Å². The van der Waals surface area contributed by atoms with E-state index in [1.165, 1.54) is 24.5 Å². The second-order valence-electron chi connectivity index (χ2n) is 5.76. The molecule has 1 unspecified atom stereocenters. The maximum atomic E-state index is 12.8. The molecule has 0 radical (unpaired) electrons. The maximum absolute atomic E-state index is 12.8. The van der Waals surface area contributed by atoms with Crippen molar-refractivity contribution in [3.63, 3.8) is 0 Å². The molecule has 0 aliphatic rings. The number of rotatable bonds is 5. The Morgan fingerprint density at radius 2 is 2.15 bits per heavy atom. The zero-order valence-corrected chi connectivity index (χ0v) is 15.4. The molecule has 0 aliphatic heterocycles. The van der Waals surface area contributed by atoms with Gasteiger partial charge in [-0.1, -0.05) is 0 Å². The number of amides is 1. The van der Waals surface area contributed by atoms with Crippen LogP contribution in [-0.2, 0) is 6.54 Å². The number of aryl methyl sites for hydroxylation is 2. The highest BCUT2D eigenvalue weighted by molar-refractivity contribution is 7.21. The van der Waals surface area contributed by atoms with Gasteiger partial charge in [-0.2, -0.15) is 5.10 Å². The fourth-order valence-electron chi connectivity index (χ4n) is 2.43. The molecule has 0 aliphatic carbocycles. The number of nitrogens with zero attached hydrogens (tertiary/aromatic N) is 3. The maximum Gasteiger partial charge on any atom is 0.263 e. The van der Waals surface area contributed by atoms with Gasteiger partial charge in [0.25, 0.3) is 5.91 Å². The van der Waals surface area contributed by atoms with E-state index in [9.17, 15) is 9.18 Å². The topological polar surface area (TPSA) is 103 Å². The SMILES string of the molecule is Cc1nnc2sc(C(=O)NCc3ccc(OC(C)F)cn3)c(N)c2c1C. The van der Waals surface area contributed by atoms with Crippen LogP contribution in [0.5, 0.6) is 5.75 Å². The summed E-state index contributed by atoms with van der Waals surface area (Å²) in [7, 11) is 0. The number of carbonyl (C=O) groups is 1. The largest absolute Gasteiger partial charge is 0.459 e. The van der Waals surface area contributed by atoms with E-state index in [2.05, 4.69) is 20.5 Å². The Morgan fingerprint density at radius 1 is 1.38 bits per heavy atom. The van der Waals surface area contributed by atoms with Gasteiger partial charge < -0.3 is 15.8 Å². The molecule has 0 saturated carbocycles. The van der Waals surface area contributed by atoms with Crippen molar-refractivity contribution in [2.75, 3.05) is 5.73 Å². The number of hydrogen-bond donors (Lipinski definition) is 2. The molecule has 3 aromatic rings. The molecule has 136 valence electrons. The molecule has 3 rings (SSSR count). The summed E-state index contributed by atoms with van der Waals surface area (Å²) in [6.07, 6.45) is 0.00100. The summed E-state index contributed by atoms with van der Waals surface area (Å²) in [6.45, 7) is 5.25. The molecular weight excluding hydrogens is 357 g/mol. The van der Waals surface area contributed by atoms with Gasteiger partial charge in [0.1, 0.15) is 15.5 Å². The van der Waals surface area contributed by atoms with Crippen molar-refractivity contribution in [2.24, 2.45) is 0 Å². The van der Waals surface area contributed by atoms with Gasteiger partial charge >= 0.3 is 0 Å². The summed E-state index contributed by atoms with van der Waals surface area (Å²) in [6, 6.07) is 3.26. The van der Waals surface area contributed by atoms with Crippen LogP contribution in [0.25, 0.3) is 10.2 Å². The number of alkyl halides is 1. The molecule has 9 heteroatoms. The minimum absolute atomic E-state index is 0.210. The average molecular weight is 375 g/mol. The molecule has 3 heterocycles. The second kappa shape index (κ2) is 7.20. The first-order chi connectivity index (χ1) is 12.4. The van der Waals surface area contributed by atoms with Crippen LogP contribution >= 0.6 is 11.3 Å². The number of thiophene rings is 1. The predicted molar refractivity (Wildman–Crippen MR) is 97.9 cm³/mol. The van der Waals surface area contributed by atoms with Gasteiger partial charge in [-0.25, -0.2) is 4.39 Å². The number of carbonyl (C=O) groups excluding carboxylic acids is 1. The van der Waals surface area contributed by atoms with E-state index >= 15 is 0 Å². The van der Waals surface area contributed by atoms with Gasteiger partial charge in [-0.3, -0.25) is 9.78 Å². The van der Waals surface area contributed by atoms with Crippen LogP contribution < -0.4 is 15.8 Å². The van der Waals surface area contributed by atoms with E-state index in [-0.39, 0.29) is 12.5 Å². The van der Waals surface area contributed by atoms with E-state index in [1.54, 1.807) is 12.1 Å². The number of halogens is 1. The number of hydrogen-bond acceptors (Lipinski definition) is 7. The number of pyridine rings is 1. The first-order valence-corrected chi connectivity index (χ1v) is 8.74. The summed E-state index contributed by atoms with van der Waals surface area (Å²) in [5.74, 6) is 0.0234. The third-order valence-corrected chi connectivity index (χ3v) is 4.96. The summed E-state index contributed by atoms with van der Waals surface area (Å²) < 4.78 is 17.7. The normalized spacial score (nSPS) is 12.2. The summed E-state index contributed by atoms with van der Waals surface area (Å²) in [5.41, 5.74) is 8.88. The fourth-order valence-corrected chi connectivity index (χ4v) is 3.45. The molecule has 3 aromatic heterocycles. The van der Waals surface area contributed by atoms with Crippen LogP contribution in [0, 0.1) is 13.8 Å². The first kappa shape index (κ1) is 18.0. The molecule has 0 aromatic carbocycles. The van der Waals surface area contributed by atoms with Crippen LogP contribution in [-0.4, -0.2) is 27.4 Å². The minimum Gasteiger partial charge on any atom is -0.459 e. The summed E-state index contributed by atoms with van der Waals surface area (Å²) in [5, 5.41) is 11.7. The number of aromatic nitrogens is 3. The molecule has 0 saturated heterocycles. The zero-order valence-electron chi connectivity index (χ0n) is 14.5. The van der Waals surface area contributed by atoms with Crippen molar-refractivity contribution in [1.29, 1.82) is 0 Å². The monoisotopic (exact) mass is 375 g/mol. The highest BCUT2D eigenvalue weighted by Crippen LogP contribution is 2.34. The quantitative estimate of drug-likeness (QED) is 0.711. The number of fused-ring (bicyclic) bond motifs is 1. The van der Waals surface area contributed by atoms with Crippen LogP contribution in [0.4, 0.5) is 10.1 Å². The highest BCUT2D eigenvalue weighted by atomic mass is 32.1. The molecule has 0 bridgehead atoms. The van der Waals surface area contributed by atoms with Gasteiger partial charge in [0.15, 0.2) is 0 Å². The first-order valence-electron chi connectivity index (χ1n) is 7.92. The summed E-state index contributed by atoms with van der Waals surface area (Å²) in [4.78, 5) is 17.7. The standard InChI is InChI=1S/C17H18FN5O2S/c1-8-9(2)22-23-17-13(8)14(19)15(26-17)16(24)21-6-11-4-5-12(7-20-11)25-10(3)18/h4-5,7,10H,6,19H2,1-3H3,(H,21,24). The minimum atomic E-state index is -1.41. The Balaban J connectivity index is 1.73. The number of nitrogens with one attached hydrogen (secondary N) is 1. The van der Waals surface area contributed by atoms with Crippen LogP contribution in [0.2, 0.25) is 0 Å². The average Bonchev–Trinajstić information content (AvgIpc) is 2.94. The molecule has 26 heavy (non-hydrogen) atoms. The number of nitrogens with two attached hydrogens (primary N) is 1. The van der Waals surface area contributed by atoms with Crippen LogP contribution in [0.15, 0.2) is 18.3 Å². The van der Waals surface area contributed by atoms with Crippen LogP contribution in [0.1, 0.15) is 33.5 Å². The molecule has 1 atom stereocenters. The summed E-state index contributed by atoms with van der Waals surface area (Å²) >= 11 is 1.21. The lowest BCUT2D eigenvalue weighted by molar-refractivity contribution is 0.0856. The third kappa shape index (κ3) is 3.57. The number of nitrogen functional groups attached to an aromatic ring is 1. The Hall–Kier alpha value is -2.81. The number of ether oxygens (including phenoxy) is 1. The fraction of sp³-hybridized carbons (Fsp3) is 0.294. The molecular formula is C17H18FN5O2S. The van der Waals surface area contributed by atoms with Crippen molar-refractivity contribution in [2.45, 2.75) is 33.7 Å². The molecule has 7 nitrogen and oxygen atoms in total. The van der Waals surface area contributed by atoms with E-state index in [0.29, 0.717) is 26.8 Å². The molecule has 0 fully saturated rings. The molecule has 3 N–H and O–H groups in total. The Bertz CT molecular complexity index is 956. The van der Waals surface area contributed by atoms with Gasteiger partial charge in [0.2, 0.25) is 6.36 Å². The second-order valence-corrected chi connectivity index (χ2v) is 6.76. The van der Waals surface area contributed by atoms with E-state index in [1.807, 2.05) is 13.8 Å². The van der Waals surface area contributed by atoms with Crippen LogP contribution in [0.3, 0.4) is 0 Å². The Morgan fingerprint density at radius 3 is 2.81 bits per heavy atom. The van der Waals surface area contributed by atoms with Crippen molar-refractivity contribution < 1.29 is 13.9 Å². The Kier molecular flexibility index (Phi) is 4.99. The molecule has 1 amide bonds. The lowest BCUT2D eigenvalue weighted by Gasteiger charge is -2.08. The number of anilines is 1. The van der Waals surface area contributed by atoms with Gasteiger partial charge in [0.05, 0.1) is 29.8 Å². The van der Waals surface area contributed by atoms with Gasteiger partial charge in [-0.05, 0) is 31.5 Å². The lowest BCUT2D eigenvalue weighted by Crippen LogP contribution is -2.23. The Labute approximate surface area is 153 Å². The van der Waals surface area contributed by atoms with Crippen molar-refractivity contribution >= 4 is 33.1 Å².